The number of hydrogen-bond donors (Lipinski definition) is 1. The summed E-state index contributed by atoms with van der Waals surface area (Å²) in [4.78, 5) is 11.2. The number of carboxylic acid groups (broad SMARTS) is 1. The normalized spacial score (nSPS) is 15.7. The molecule has 0 atom stereocenters. The van der Waals surface area contributed by atoms with Crippen LogP contribution < -0.4 is 0 Å². The minimum absolute atomic E-state index is 0.0202. The van der Waals surface area contributed by atoms with Gasteiger partial charge in [-0.1, -0.05) is 0 Å². The van der Waals surface area contributed by atoms with Crippen LogP contribution in [0.4, 0.5) is 0 Å². The van der Waals surface area contributed by atoms with Crippen molar-refractivity contribution in [3.8, 4) is 0 Å². The minimum atomic E-state index is -3.66. The van der Waals surface area contributed by atoms with Gasteiger partial charge in [-0.05, 0) is 73.4 Å². The molecule has 0 saturated heterocycles. The van der Waals surface area contributed by atoms with Gasteiger partial charge in [0.2, 0.25) is 10.0 Å². The monoisotopic (exact) mass is 423 g/mol. The molecule has 2 rings (SSSR count). The molecule has 1 fully saturated rings. The van der Waals surface area contributed by atoms with Gasteiger partial charge in [-0.25, -0.2) is 13.2 Å². The lowest BCUT2D eigenvalue weighted by atomic mass is 10.2. The number of halogens is 1. The molecule has 1 aromatic carbocycles. The molecule has 1 saturated carbocycles. The molecule has 1 aliphatic rings. The standard InChI is InChI=1S/C14H18INO4S/c1-9(2)16(8-10-3-4-10)21(19,20)11-5-6-13(15)12(7-11)14(17)18/h5-7,9-10H,3-4,8H2,1-2H3,(H,17,18). The highest BCUT2D eigenvalue weighted by molar-refractivity contribution is 14.1. The van der Waals surface area contributed by atoms with Crippen molar-refractivity contribution in [1.29, 1.82) is 0 Å². The molecular formula is C14H18INO4S. The maximum absolute atomic E-state index is 12.8. The van der Waals surface area contributed by atoms with Gasteiger partial charge < -0.3 is 5.11 Å². The molecule has 116 valence electrons. The lowest BCUT2D eigenvalue weighted by Crippen LogP contribution is -2.38. The van der Waals surface area contributed by atoms with E-state index in [1.54, 1.807) is 0 Å². The van der Waals surface area contributed by atoms with Crippen molar-refractivity contribution in [2.45, 2.75) is 37.6 Å². The Morgan fingerprint density at radius 1 is 1.43 bits per heavy atom. The maximum Gasteiger partial charge on any atom is 0.336 e. The molecule has 21 heavy (non-hydrogen) atoms. The number of sulfonamides is 1. The van der Waals surface area contributed by atoms with Crippen molar-refractivity contribution in [3.05, 3.63) is 27.3 Å². The summed E-state index contributed by atoms with van der Waals surface area (Å²) in [5, 5.41) is 9.15. The second kappa shape index (κ2) is 6.21. The van der Waals surface area contributed by atoms with E-state index in [-0.39, 0.29) is 16.5 Å². The molecule has 0 bridgehead atoms. The third kappa shape index (κ3) is 3.75. The summed E-state index contributed by atoms with van der Waals surface area (Å²) >= 11 is 1.89. The van der Waals surface area contributed by atoms with Crippen LogP contribution in [0.1, 0.15) is 37.0 Å². The van der Waals surface area contributed by atoms with Gasteiger partial charge >= 0.3 is 5.97 Å². The van der Waals surface area contributed by atoms with Gasteiger partial charge in [-0.3, -0.25) is 0 Å². The molecule has 1 aliphatic carbocycles. The van der Waals surface area contributed by atoms with Crippen LogP contribution in [0.25, 0.3) is 0 Å². The number of carbonyl (C=O) groups is 1. The first-order valence-electron chi connectivity index (χ1n) is 6.78. The average molecular weight is 423 g/mol. The Kier molecular flexibility index (Phi) is 4.94. The fraction of sp³-hybridized carbons (Fsp3) is 0.500. The van der Waals surface area contributed by atoms with Crippen LogP contribution in [0.5, 0.6) is 0 Å². The first kappa shape index (κ1) is 16.7. The number of rotatable bonds is 6. The van der Waals surface area contributed by atoms with E-state index in [2.05, 4.69) is 0 Å². The fourth-order valence-corrected chi connectivity index (χ4v) is 4.41. The van der Waals surface area contributed by atoms with E-state index in [0.717, 1.165) is 12.8 Å². The molecule has 0 unspecified atom stereocenters. The molecule has 1 N–H and O–H groups in total. The number of nitrogens with zero attached hydrogens (tertiary/aromatic N) is 1. The van der Waals surface area contributed by atoms with Crippen LogP contribution >= 0.6 is 22.6 Å². The van der Waals surface area contributed by atoms with E-state index >= 15 is 0 Å². The fourth-order valence-electron chi connectivity index (χ4n) is 2.11. The molecule has 1 aromatic rings. The highest BCUT2D eigenvalue weighted by Crippen LogP contribution is 2.33. The van der Waals surface area contributed by atoms with Gasteiger partial charge in [0, 0.05) is 16.2 Å². The Labute approximate surface area is 138 Å². The van der Waals surface area contributed by atoms with Gasteiger partial charge in [-0.2, -0.15) is 4.31 Å². The summed E-state index contributed by atoms with van der Waals surface area (Å²) in [6.07, 6.45) is 2.12. The smallest absolute Gasteiger partial charge is 0.336 e. The van der Waals surface area contributed by atoms with E-state index < -0.39 is 16.0 Å². The van der Waals surface area contributed by atoms with E-state index in [0.29, 0.717) is 16.0 Å². The predicted octanol–water partition coefficient (Wildman–Crippen LogP) is 2.80. The highest BCUT2D eigenvalue weighted by atomic mass is 127. The Morgan fingerprint density at radius 3 is 2.52 bits per heavy atom. The van der Waals surface area contributed by atoms with Crippen molar-refractivity contribution >= 4 is 38.6 Å². The van der Waals surface area contributed by atoms with Crippen molar-refractivity contribution in [2.24, 2.45) is 5.92 Å². The minimum Gasteiger partial charge on any atom is -0.478 e. The summed E-state index contributed by atoms with van der Waals surface area (Å²) in [7, 11) is -3.66. The zero-order chi connectivity index (χ0) is 15.8. The second-order valence-electron chi connectivity index (χ2n) is 5.56. The molecule has 5 nitrogen and oxygen atoms in total. The van der Waals surface area contributed by atoms with Crippen molar-refractivity contribution < 1.29 is 18.3 Å². The first-order valence-corrected chi connectivity index (χ1v) is 9.30. The van der Waals surface area contributed by atoms with Crippen LogP contribution in [-0.2, 0) is 10.0 Å². The van der Waals surface area contributed by atoms with Gasteiger partial charge in [0.05, 0.1) is 10.5 Å². The zero-order valence-electron chi connectivity index (χ0n) is 11.9. The molecule has 0 aromatic heterocycles. The van der Waals surface area contributed by atoms with Crippen molar-refractivity contribution in [1.82, 2.24) is 4.31 Å². The largest absolute Gasteiger partial charge is 0.478 e. The Balaban J connectivity index is 2.41. The van der Waals surface area contributed by atoms with E-state index in [1.165, 1.54) is 22.5 Å². The lowest BCUT2D eigenvalue weighted by molar-refractivity contribution is 0.0695. The Bertz CT molecular complexity index is 653. The molecule has 0 amide bonds. The maximum atomic E-state index is 12.8. The van der Waals surface area contributed by atoms with Crippen LogP contribution in [0.3, 0.4) is 0 Å². The van der Waals surface area contributed by atoms with Gasteiger partial charge in [-0.15, -0.1) is 0 Å². The Hall–Kier alpha value is -0.670. The third-order valence-corrected chi connectivity index (χ3v) is 6.46. The summed E-state index contributed by atoms with van der Waals surface area (Å²) in [5.41, 5.74) is 0.0202. The molecule has 0 heterocycles. The second-order valence-corrected chi connectivity index (χ2v) is 8.61. The first-order chi connectivity index (χ1) is 9.73. The topological polar surface area (TPSA) is 74.7 Å². The summed E-state index contributed by atoms with van der Waals surface area (Å²) < 4.78 is 27.5. The quantitative estimate of drug-likeness (QED) is 0.715. The Morgan fingerprint density at radius 2 is 2.05 bits per heavy atom. The van der Waals surface area contributed by atoms with Gasteiger partial charge in [0.25, 0.3) is 0 Å². The van der Waals surface area contributed by atoms with Crippen LogP contribution in [0.2, 0.25) is 0 Å². The summed E-state index contributed by atoms with van der Waals surface area (Å²) in [6.45, 7) is 4.18. The van der Waals surface area contributed by atoms with E-state index in [9.17, 15) is 13.2 Å². The zero-order valence-corrected chi connectivity index (χ0v) is 14.9. The molecule has 0 spiro atoms. The van der Waals surface area contributed by atoms with E-state index in [1.807, 2.05) is 36.4 Å². The molecule has 0 radical (unpaired) electrons. The van der Waals surface area contributed by atoms with Crippen LogP contribution in [0, 0.1) is 9.49 Å². The van der Waals surface area contributed by atoms with Crippen molar-refractivity contribution in [2.75, 3.05) is 6.54 Å². The SMILES string of the molecule is CC(C)N(CC1CC1)S(=O)(=O)c1ccc(I)c(C(=O)O)c1. The lowest BCUT2D eigenvalue weighted by Gasteiger charge is -2.26. The van der Waals surface area contributed by atoms with E-state index in [4.69, 9.17) is 5.11 Å². The number of hydrogen-bond acceptors (Lipinski definition) is 3. The highest BCUT2D eigenvalue weighted by Gasteiger charge is 2.33. The predicted molar refractivity (Wildman–Crippen MR) is 87.9 cm³/mol. The van der Waals surface area contributed by atoms with Gasteiger partial charge in [0.15, 0.2) is 0 Å². The molecular weight excluding hydrogens is 405 g/mol. The van der Waals surface area contributed by atoms with Gasteiger partial charge in [0.1, 0.15) is 0 Å². The average Bonchev–Trinajstić information content (AvgIpc) is 3.19. The summed E-state index contributed by atoms with van der Waals surface area (Å²) in [5.74, 6) is -0.681. The van der Waals surface area contributed by atoms with Crippen LogP contribution in [0.15, 0.2) is 23.1 Å². The third-order valence-electron chi connectivity index (χ3n) is 3.49. The number of benzene rings is 1. The summed E-state index contributed by atoms with van der Waals surface area (Å²) in [6, 6.07) is 4.11. The van der Waals surface area contributed by atoms with Crippen molar-refractivity contribution in [3.63, 3.8) is 0 Å². The number of carboxylic acids is 1. The molecule has 0 aliphatic heterocycles. The molecule has 7 heteroatoms. The number of aromatic carboxylic acids is 1. The van der Waals surface area contributed by atoms with Crippen LogP contribution in [-0.4, -0.2) is 36.4 Å².